The first-order chi connectivity index (χ1) is 15.1. The summed E-state index contributed by atoms with van der Waals surface area (Å²) in [5, 5.41) is 9.24. The number of hydrogen-bond donors (Lipinski definition) is 0. The lowest BCUT2D eigenvalue weighted by molar-refractivity contribution is -0.140. The van der Waals surface area contributed by atoms with Crippen molar-refractivity contribution in [3.63, 3.8) is 0 Å². The Bertz CT molecular complexity index is 887. The molecule has 0 saturated carbocycles. The average Bonchev–Trinajstić information content (AvgIpc) is 3.17. The third-order valence-corrected chi connectivity index (χ3v) is 7.23. The van der Waals surface area contributed by atoms with Crippen LogP contribution >= 0.6 is 11.8 Å². The molecule has 0 unspecified atom stereocenters. The SMILES string of the molecule is Cc1nnc(SCC(=O)N2CCC(C(=O)N3CCCCC3)CC2)n1Cc1ccccc1. The molecule has 3 heterocycles. The first-order valence-electron chi connectivity index (χ1n) is 11.2. The fraction of sp³-hybridized carbons (Fsp3) is 0.565. The van der Waals surface area contributed by atoms with Gasteiger partial charge in [0.2, 0.25) is 11.8 Å². The maximum atomic E-state index is 12.8. The van der Waals surface area contributed by atoms with E-state index in [0.29, 0.717) is 31.3 Å². The number of carbonyl (C=O) groups excluding carboxylic acids is 2. The molecular weight excluding hydrogens is 410 g/mol. The van der Waals surface area contributed by atoms with Crippen molar-refractivity contribution in [2.75, 3.05) is 31.9 Å². The monoisotopic (exact) mass is 441 g/mol. The zero-order valence-corrected chi connectivity index (χ0v) is 19.0. The van der Waals surface area contributed by atoms with Gasteiger partial charge < -0.3 is 14.4 Å². The van der Waals surface area contributed by atoms with Gasteiger partial charge in [0.15, 0.2) is 5.16 Å². The predicted molar refractivity (Wildman–Crippen MR) is 121 cm³/mol. The Morgan fingerprint density at radius 1 is 0.968 bits per heavy atom. The number of thioether (sulfide) groups is 1. The highest BCUT2D eigenvalue weighted by Gasteiger charge is 2.30. The minimum Gasteiger partial charge on any atom is -0.342 e. The second kappa shape index (κ2) is 10.3. The van der Waals surface area contributed by atoms with Crippen LogP contribution in [0.2, 0.25) is 0 Å². The zero-order valence-electron chi connectivity index (χ0n) is 18.2. The lowest BCUT2D eigenvalue weighted by atomic mass is 9.94. The summed E-state index contributed by atoms with van der Waals surface area (Å²) in [5.41, 5.74) is 1.18. The first-order valence-corrected chi connectivity index (χ1v) is 12.2. The minimum atomic E-state index is 0.0754. The van der Waals surface area contributed by atoms with Crippen molar-refractivity contribution in [2.24, 2.45) is 5.92 Å². The van der Waals surface area contributed by atoms with E-state index in [1.165, 1.54) is 23.7 Å². The van der Waals surface area contributed by atoms with Crippen molar-refractivity contribution < 1.29 is 9.59 Å². The number of piperidine rings is 2. The van der Waals surface area contributed by atoms with Crippen molar-refractivity contribution in [3.05, 3.63) is 41.7 Å². The van der Waals surface area contributed by atoms with Crippen molar-refractivity contribution >= 4 is 23.6 Å². The second-order valence-electron chi connectivity index (χ2n) is 8.43. The molecule has 1 aromatic heterocycles. The summed E-state index contributed by atoms with van der Waals surface area (Å²) < 4.78 is 2.05. The van der Waals surface area contributed by atoms with Crippen LogP contribution in [-0.2, 0) is 16.1 Å². The van der Waals surface area contributed by atoms with Gasteiger partial charge in [0, 0.05) is 32.1 Å². The van der Waals surface area contributed by atoms with Gasteiger partial charge in [-0.2, -0.15) is 0 Å². The van der Waals surface area contributed by atoms with Crippen LogP contribution in [0.1, 0.15) is 43.5 Å². The van der Waals surface area contributed by atoms with Crippen LogP contribution in [0.15, 0.2) is 35.5 Å². The number of benzene rings is 1. The van der Waals surface area contributed by atoms with Crippen molar-refractivity contribution in [1.29, 1.82) is 0 Å². The molecular formula is C23H31N5O2S. The highest BCUT2D eigenvalue weighted by molar-refractivity contribution is 7.99. The third kappa shape index (κ3) is 5.47. The molecule has 2 saturated heterocycles. The van der Waals surface area contributed by atoms with E-state index >= 15 is 0 Å². The smallest absolute Gasteiger partial charge is 0.233 e. The Kier molecular flexibility index (Phi) is 7.27. The lowest BCUT2D eigenvalue weighted by Gasteiger charge is -2.35. The number of amides is 2. The summed E-state index contributed by atoms with van der Waals surface area (Å²) in [6.45, 7) is 5.76. The number of rotatable bonds is 6. The van der Waals surface area contributed by atoms with Gasteiger partial charge in [-0.3, -0.25) is 9.59 Å². The van der Waals surface area contributed by atoms with Crippen molar-refractivity contribution in [1.82, 2.24) is 24.6 Å². The topological polar surface area (TPSA) is 71.3 Å². The van der Waals surface area contributed by atoms with Crippen LogP contribution < -0.4 is 0 Å². The average molecular weight is 442 g/mol. The standard InChI is InChI=1S/C23H31N5O2S/c1-18-24-25-23(28(18)16-19-8-4-2-5-9-19)31-17-21(29)26-14-10-20(11-15-26)22(30)27-12-6-3-7-13-27/h2,4-5,8-9,20H,3,6-7,10-17H2,1H3. The fourth-order valence-electron chi connectivity index (χ4n) is 4.38. The molecule has 4 rings (SSSR count). The molecule has 8 heteroatoms. The highest BCUT2D eigenvalue weighted by atomic mass is 32.2. The van der Waals surface area contributed by atoms with E-state index in [0.717, 1.165) is 49.8 Å². The molecule has 0 bridgehead atoms. The van der Waals surface area contributed by atoms with Gasteiger partial charge in [-0.25, -0.2) is 0 Å². The van der Waals surface area contributed by atoms with Gasteiger partial charge in [0.25, 0.3) is 0 Å². The fourth-order valence-corrected chi connectivity index (χ4v) is 5.27. The molecule has 0 N–H and O–H groups in total. The summed E-state index contributed by atoms with van der Waals surface area (Å²) >= 11 is 1.44. The zero-order chi connectivity index (χ0) is 21.6. The van der Waals surface area contributed by atoms with E-state index < -0.39 is 0 Å². The quantitative estimate of drug-likeness (QED) is 0.645. The molecule has 2 aliphatic heterocycles. The number of nitrogens with zero attached hydrogens (tertiary/aromatic N) is 5. The molecule has 0 aliphatic carbocycles. The van der Waals surface area contributed by atoms with E-state index in [9.17, 15) is 9.59 Å². The maximum Gasteiger partial charge on any atom is 0.233 e. The molecule has 2 aromatic rings. The van der Waals surface area contributed by atoms with E-state index in [4.69, 9.17) is 0 Å². The summed E-state index contributed by atoms with van der Waals surface area (Å²) in [4.78, 5) is 29.4. The molecule has 0 radical (unpaired) electrons. The van der Waals surface area contributed by atoms with Gasteiger partial charge in [0.1, 0.15) is 5.82 Å². The van der Waals surface area contributed by atoms with Crippen LogP contribution in [0.4, 0.5) is 0 Å². The summed E-state index contributed by atoms with van der Waals surface area (Å²) in [7, 11) is 0. The van der Waals surface area contributed by atoms with Crippen molar-refractivity contribution in [2.45, 2.75) is 50.7 Å². The van der Waals surface area contributed by atoms with Crippen molar-refractivity contribution in [3.8, 4) is 0 Å². The van der Waals surface area contributed by atoms with Crippen LogP contribution in [0.25, 0.3) is 0 Å². The second-order valence-corrected chi connectivity index (χ2v) is 9.37. The molecule has 166 valence electrons. The largest absolute Gasteiger partial charge is 0.342 e. The number of aryl methyl sites for hydroxylation is 1. The van der Waals surface area contributed by atoms with E-state index in [-0.39, 0.29) is 11.8 Å². The Morgan fingerprint density at radius 2 is 1.68 bits per heavy atom. The highest BCUT2D eigenvalue weighted by Crippen LogP contribution is 2.24. The van der Waals surface area contributed by atoms with E-state index in [1.807, 2.05) is 34.9 Å². The summed E-state index contributed by atoms with van der Waals surface area (Å²) in [6, 6.07) is 10.2. The molecule has 0 spiro atoms. The van der Waals surface area contributed by atoms with Gasteiger partial charge in [0.05, 0.1) is 12.3 Å². The maximum absolute atomic E-state index is 12.8. The minimum absolute atomic E-state index is 0.0754. The van der Waals surface area contributed by atoms with E-state index in [1.54, 1.807) is 0 Å². The first kappa shape index (κ1) is 21.9. The summed E-state index contributed by atoms with van der Waals surface area (Å²) in [5.74, 6) is 1.67. The number of likely N-dealkylation sites (tertiary alicyclic amines) is 2. The normalized spacial score (nSPS) is 17.7. The Labute approximate surface area is 188 Å². The molecule has 1 aromatic carbocycles. The molecule has 0 atom stereocenters. The Balaban J connectivity index is 1.27. The Hall–Kier alpha value is -2.35. The lowest BCUT2D eigenvalue weighted by Crippen LogP contribution is -2.46. The number of carbonyl (C=O) groups is 2. The summed E-state index contributed by atoms with van der Waals surface area (Å²) in [6.07, 6.45) is 5.01. The predicted octanol–water partition coefficient (Wildman–Crippen LogP) is 2.98. The van der Waals surface area contributed by atoms with E-state index in [2.05, 4.69) is 26.9 Å². The molecule has 2 fully saturated rings. The molecule has 2 aliphatic rings. The molecule has 31 heavy (non-hydrogen) atoms. The number of hydrogen-bond acceptors (Lipinski definition) is 5. The molecule has 2 amide bonds. The number of aromatic nitrogens is 3. The van der Waals surface area contributed by atoms with Gasteiger partial charge in [-0.15, -0.1) is 10.2 Å². The van der Waals surface area contributed by atoms with Gasteiger partial charge >= 0.3 is 0 Å². The Morgan fingerprint density at radius 3 is 2.39 bits per heavy atom. The van der Waals surface area contributed by atoms with Gasteiger partial charge in [-0.1, -0.05) is 42.1 Å². The van der Waals surface area contributed by atoms with Gasteiger partial charge in [-0.05, 0) is 44.6 Å². The van der Waals surface area contributed by atoms with Crippen LogP contribution in [0.5, 0.6) is 0 Å². The van der Waals surface area contributed by atoms with Crippen LogP contribution in [0, 0.1) is 12.8 Å². The molecule has 7 nitrogen and oxygen atoms in total. The van der Waals surface area contributed by atoms with Crippen LogP contribution in [-0.4, -0.2) is 68.3 Å². The third-order valence-electron chi connectivity index (χ3n) is 6.27. The van der Waals surface area contributed by atoms with Crippen LogP contribution in [0.3, 0.4) is 0 Å².